The van der Waals surface area contributed by atoms with E-state index in [2.05, 4.69) is 23.5 Å². The van der Waals surface area contributed by atoms with E-state index < -0.39 is 0 Å². The Morgan fingerprint density at radius 1 is 1.30 bits per heavy atom. The second kappa shape index (κ2) is 5.40. The molecule has 0 N–H and O–H groups in total. The predicted molar refractivity (Wildman–Crippen MR) is 82.1 cm³/mol. The van der Waals surface area contributed by atoms with Crippen LogP contribution in [0.3, 0.4) is 0 Å². The van der Waals surface area contributed by atoms with Crippen molar-refractivity contribution in [1.82, 2.24) is 19.3 Å². The van der Waals surface area contributed by atoms with Gasteiger partial charge in [0.15, 0.2) is 5.65 Å². The van der Waals surface area contributed by atoms with Crippen LogP contribution in [0.5, 0.6) is 0 Å². The molecule has 5 heteroatoms. The van der Waals surface area contributed by atoms with Crippen LogP contribution in [-0.2, 0) is 19.3 Å². The molecule has 4 nitrogen and oxygen atoms in total. The Hall–Kier alpha value is -1.03. The third-order valence-corrected chi connectivity index (χ3v) is 4.53. The van der Waals surface area contributed by atoms with Crippen molar-refractivity contribution in [2.24, 2.45) is 13.0 Å². The van der Waals surface area contributed by atoms with Gasteiger partial charge in [-0.25, -0.2) is 4.98 Å². The zero-order valence-corrected chi connectivity index (χ0v) is 13.3. The van der Waals surface area contributed by atoms with Crippen molar-refractivity contribution in [1.29, 1.82) is 0 Å². The summed E-state index contributed by atoms with van der Waals surface area (Å²) in [5, 5.41) is 4.65. The first-order valence-corrected chi connectivity index (χ1v) is 8.23. The third-order valence-electron chi connectivity index (χ3n) is 4.29. The summed E-state index contributed by atoms with van der Waals surface area (Å²) in [6.07, 6.45) is 5.89. The fraction of sp³-hybridized carbons (Fsp3) is 0.733. The molecule has 2 unspecified atom stereocenters. The molecule has 0 spiro atoms. The van der Waals surface area contributed by atoms with Gasteiger partial charge in [-0.3, -0.25) is 4.68 Å². The molecule has 2 heterocycles. The number of rotatable bonds is 6. The Labute approximate surface area is 125 Å². The average Bonchev–Trinajstić information content (AvgIpc) is 2.96. The highest BCUT2D eigenvalue weighted by atomic mass is 35.5. The summed E-state index contributed by atoms with van der Waals surface area (Å²) < 4.78 is 4.35. The second-order valence-electron chi connectivity index (χ2n) is 5.88. The molecule has 20 heavy (non-hydrogen) atoms. The van der Waals surface area contributed by atoms with Crippen LogP contribution >= 0.6 is 11.6 Å². The van der Waals surface area contributed by atoms with Gasteiger partial charge in [0.25, 0.3) is 0 Å². The van der Waals surface area contributed by atoms with E-state index in [1.54, 1.807) is 0 Å². The standard InChI is InChI=1S/C15H23ClN4/c1-4-6-10-8-12(10)20-13(9-16)17-14-11(7-5-2)18-19(3)15(14)20/h10,12H,4-9H2,1-3H3. The van der Waals surface area contributed by atoms with Crippen molar-refractivity contribution >= 4 is 22.8 Å². The van der Waals surface area contributed by atoms with Crippen molar-refractivity contribution < 1.29 is 0 Å². The maximum atomic E-state index is 6.13. The second-order valence-corrected chi connectivity index (χ2v) is 6.14. The van der Waals surface area contributed by atoms with E-state index in [1.807, 2.05) is 11.7 Å². The minimum Gasteiger partial charge on any atom is -0.308 e. The molecule has 1 aliphatic rings. The van der Waals surface area contributed by atoms with Crippen LogP contribution in [0.15, 0.2) is 0 Å². The first-order chi connectivity index (χ1) is 9.71. The van der Waals surface area contributed by atoms with Crippen LogP contribution in [-0.4, -0.2) is 19.3 Å². The van der Waals surface area contributed by atoms with Gasteiger partial charge in [0.2, 0.25) is 0 Å². The number of halogens is 1. The topological polar surface area (TPSA) is 35.6 Å². The number of alkyl halides is 1. The summed E-state index contributed by atoms with van der Waals surface area (Å²) in [6.45, 7) is 4.43. The Morgan fingerprint density at radius 2 is 2.10 bits per heavy atom. The van der Waals surface area contributed by atoms with Crippen LogP contribution in [0.4, 0.5) is 0 Å². The Kier molecular flexibility index (Phi) is 3.76. The molecule has 0 aliphatic heterocycles. The Bertz CT molecular complexity index is 613. The van der Waals surface area contributed by atoms with Gasteiger partial charge in [0.1, 0.15) is 11.3 Å². The van der Waals surface area contributed by atoms with E-state index in [0.717, 1.165) is 41.4 Å². The lowest BCUT2D eigenvalue weighted by atomic mass is 10.2. The molecule has 110 valence electrons. The minimum atomic E-state index is 0.482. The highest BCUT2D eigenvalue weighted by molar-refractivity contribution is 6.16. The first-order valence-electron chi connectivity index (χ1n) is 7.69. The van der Waals surface area contributed by atoms with Gasteiger partial charge in [-0.05, 0) is 25.2 Å². The zero-order chi connectivity index (χ0) is 14.3. The first kappa shape index (κ1) is 13.9. The number of imidazole rings is 1. The van der Waals surface area contributed by atoms with Crippen LogP contribution in [0.2, 0.25) is 0 Å². The summed E-state index contributed by atoms with van der Waals surface area (Å²) in [7, 11) is 2.02. The molecule has 0 bridgehead atoms. The minimum absolute atomic E-state index is 0.482. The lowest BCUT2D eigenvalue weighted by Crippen LogP contribution is -2.06. The smallest absolute Gasteiger partial charge is 0.158 e. The number of fused-ring (bicyclic) bond motifs is 1. The van der Waals surface area contributed by atoms with Crippen molar-refractivity contribution in [2.45, 2.75) is 57.9 Å². The Balaban J connectivity index is 2.06. The summed E-state index contributed by atoms with van der Waals surface area (Å²) >= 11 is 6.13. The molecule has 1 aliphatic carbocycles. The monoisotopic (exact) mass is 294 g/mol. The van der Waals surface area contributed by atoms with E-state index in [0.29, 0.717) is 11.9 Å². The number of hydrogen-bond acceptors (Lipinski definition) is 2. The molecule has 3 rings (SSSR count). The number of aryl methyl sites for hydroxylation is 2. The summed E-state index contributed by atoms with van der Waals surface area (Å²) in [6, 6.07) is 0.582. The maximum absolute atomic E-state index is 6.13. The zero-order valence-electron chi connectivity index (χ0n) is 12.6. The number of aromatic nitrogens is 4. The van der Waals surface area contributed by atoms with E-state index in [9.17, 15) is 0 Å². The molecular formula is C15H23ClN4. The molecule has 2 aromatic rings. The van der Waals surface area contributed by atoms with Gasteiger partial charge in [-0.15, -0.1) is 11.6 Å². The molecule has 0 amide bonds. The van der Waals surface area contributed by atoms with Crippen molar-refractivity contribution in [3.63, 3.8) is 0 Å². The van der Waals surface area contributed by atoms with E-state index in [4.69, 9.17) is 16.6 Å². The van der Waals surface area contributed by atoms with Gasteiger partial charge in [0, 0.05) is 13.1 Å². The van der Waals surface area contributed by atoms with E-state index in [1.165, 1.54) is 19.3 Å². The SMILES string of the molecule is CCCc1nn(C)c2c1nc(CCl)n2C1CC1CCC. The highest BCUT2D eigenvalue weighted by Crippen LogP contribution is 2.48. The summed E-state index contributed by atoms with van der Waals surface area (Å²) in [5.74, 6) is 2.29. The lowest BCUT2D eigenvalue weighted by molar-refractivity contribution is 0.591. The predicted octanol–water partition coefficient (Wildman–Crippen LogP) is 3.82. The fourth-order valence-electron chi connectivity index (χ4n) is 3.32. The number of nitrogens with zero attached hydrogens (tertiary/aromatic N) is 4. The molecule has 2 atom stereocenters. The number of hydrogen-bond donors (Lipinski definition) is 0. The van der Waals surface area contributed by atoms with Gasteiger partial charge in [-0.2, -0.15) is 5.10 Å². The molecule has 0 radical (unpaired) electrons. The van der Waals surface area contributed by atoms with Gasteiger partial charge >= 0.3 is 0 Å². The third kappa shape index (κ3) is 2.14. The molecule has 0 aromatic carbocycles. The normalized spacial score (nSPS) is 21.8. The van der Waals surface area contributed by atoms with Crippen molar-refractivity contribution in [3.8, 4) is 0 Å². The molecule has 2 aromatic heterocycles. The molecule has 0 saturated heterocycles. The Morgan fingerprint density at radius 3 is 2.75 bits per heavy atom. The van der Waals surface area contributed by atoms with Crippen LogP contribution < -0.4 is 0 Å². The average molecular weight is 295 g/mol. The summed E-state index contributed by atoms with van der Waals surface area (Å²) in [4.78, 5) is 4.77. The van der Waals surface area contributed by atoms with E-state index >= 15 is 0 Å². The van der Waals surface area contributed by atoms with Gasteiger partial charge < -0.3 is 4.57 Å². The van der Waals surface area contributed by atoms with Crippen molar-refractivity contribution in [3.05, 3.63) is 11.5 Å². The largest absolute Gasteiger partial charge is 0.308 e. The molecule has 1 saturated carbocycles. The molecular weight excluding hydrogens is 272 g/mol. The van der Waals surface area contributed by atoms with Crippen LogP contribution in [0.1, 0.15) is 57.1 Å². The van der Waals surface area contributed by atoms with Crippen molar-refractivity contribution in [2.75, 3.05) is 0 Å². The molecule has 1 fully saturated rings. The fourth-order valence-corrected chi connectivity index (χ4v) is 3.51. The lowest BCUT2D eigenvalue weighted by Gasteiger charge is -2.07. The van der Waals surface area contributed by atoms with E-state index in [-0.39, 0.29) is 0 Å². The van der Waals surface area contributed by atoms with Gasteiger partial charge in [0.05, 0.1) is 11.6 Å². The van der Waals surface area contributed by atoms with Crippen LogP contribution in [0.25, 0.3) is 11.2 Å². The highest BCUT2D eigenvalue weighted by Gasteiger charge is 2.40. The maximum Gasteiger partial charge on any atom is 0.158 e. The van der Waals surface area contributed by atoms with Gasteiger partial charge in [-0.1, -0.05) is 26.7 Å². The van der Waals surface area contributed by atoms with Crippen LogP contribution in [0, 0.1) is 5.92 Å². The summed E-state index contributed by atoms with van der Waals surface area (Å²) in [5.41, 5.74) is 3.34. The quantitative estimate of drug-likeness (QED) is 0.759.